The first-order valence-corrected chi connectivity index (χ1v) is 9.74. The molecule has 0 spiro atoms. The van der Waals surface area contributed by atoms with Crippen molar-refractivity contribution < 1.29 is 9.15 Å². The lowest BCUT2D eigenvalue weighted by Gasteiger charge is -2.25. The largest absolute Gasteiger partial charge is 0.454 e. The van der Waals surface area contributed by atoms with Gasteiger partial charge in [-0.25, -0.2) is 4.98 Å². The fourth-order valence-corrected chi connectivity index (χ4v) is 3.60. The second-order valence-electron chi connectivity index (χ2n) is 7.16. The van der Waals surface area contributed by atoms with Gasteiger partial charge in [0.1, 0.15) is 11.3 Å². The van der Waals surface area contributed by atoms with Crippen molar-refractivity contribution in [3.63, 3.8) is 0 Å². The third kappa shape index (κ3) is 3.72. The average molecular weight is 387 g/mol. The molecule has 0 aliphatic carbocycles. The Labute approximate surface area is 167 Å². The summed E-state index contributed by atoms with van der Waals surface area (Å²) in [7, 11) is 0. The highest BCUT2D eigenvalue weighted by molar-refractivity contribution is 5.81. The van der Waals surface area contributed by atoms with Crippen molar-refractivity contribution in [2.45, 2.75) is 0 Å². The predicted molar refractivity (Wildman–Crippen MR) is 113 cm³/mol. The molecule has 0 atom stereocenters. The Morgan fingerprint density at radius 1 is 1.10 bits per heavy atom. The molecule has 4 heterocycles. The lowest BCUT2D eigenvalue weighted by Crippen LogP contribution is -2.36. The van der Waals surface area contributed by atoms with E-state index in [-0.39, 0.29) is 5.43 Å². The summed E-state index contributed by atoms with van der Waals surface area (Å²) < 4.78 is 13.3. The molecule has 0 unspecified atom stereocenters. The molecule has 1 saturated heterocycles. The van der Waals surface area contributed by atoms with Gasteiger partial charge in [-0.1, -0.05) is 18.2 Å². The fraction of sp³-hybridized carbons (Fsp3) is 0.217. The van der Waals surface area contributed by atoms with Crippen LogP contribution in [0.2, 0.25) is 0 Å². The molecule has 0 N–H and O–H groups in total. The van der Waals surface area contributed by atoms with Crippen molar-refractivity contribution in [3.05, 3.63) is 76.9 Å². The quantitative estimate of drug-likeness (QED) is 0.537. The van der Waals surface area contributed by atoms with E-state index < -0.39 is 0 Å². The molecule has 5 rings (SSSR count). The van der Waals surface area contributed by atoms with Gasteiger partial charge in [0.25, 0.3) is 0 Å². The van der Waals surface area contributed by atoms with Gasteiger partial charge in [-0.05, 0) is 35.9 Å². The van der Waals surface area contributed by atoms with Crippen molar-refractivity contribution >= 4 is 22.6 Å². The highest BCUT2D eigenvalue weighted by atomic mass is 16.5. The van der Waals surface area contributed by atoms with Crippen molar-refractivity contribution in [3.8, 4) is 11.5 Å². The van der Waals surface area contributed by atoms with Crippen LogP contribution >= 0.6 is 0 Å². The summed E-state index contributed by atoms with van der Waals surface area (Å²) in [6, 6.07) is 13.1. The highest BCUT2D eigenvalue weighted by Crippen LogP contribution is 2.22. The van der Waals surface area contributed by atoms with E-state index in [1.165, 1.54) is 6.07 Å². The minimum absolute atomic E-state index is 0.0678. The van der Waals surface area contributed by atoms with Gasteiger partial charge < -0.3 is 13.6 Å². The normalized spacial score (nSPS) is 15.6. The van der Waals surface area contributed by atoms with E-state index in [1.807, 2.05) is 53.1 Å². The van der Waals surface area contributed by atoms with Gasteiger partial charge in [0, 0.05) is 37.4 Å². The standard InChI is InChI=1S/C23H21N3O3/c27-21-15-23(20-14-18-4-2-8-26(18)16-24-20)29-22-6-5-17(13-19(21)22)3-1-7-25-9-11-28-12-10-25/h1-6,8,13-16H,7,9-12H2. The molecule has 3 aromatic heterocycles. The van der Waals surface area contributed by atoms with Crippen LogP contribution in [0.3, 0.4) is 0 Å². The molecular weight excluding hydrogens is 366 g/mol. The Hall–Kier alpha value is -3.22. The molecule has 0 saturated carbocycles. The molecule has 6 nitrogen and oxygen atoms in total. The second-order valence-corrected chi connectivity index (χ2v) is 7.16. The topological polar surface area (TPSA) is 60.0 Å². The number of hydrogen-bond donors (Lipinski definition) is 0. The minimum atomic E-state index is -0.0678. The van der Waals surface area contributed by atoms with Gasteiger partial charge in [0.2, 0.25) is 0 Å². The third-order valence-corrected chi connectivity index (χ3v) is 5.20. The van der Waals surface area contributed by atoms with E-state index in [0.717, 1.165) is 43.9 Å². The first kappa shape index (κ1) is 17.8. The molecule has 0 amide bonds. The van der Waals surface area contributed by atoms with Crippen molar-refractivity contribution in [1.29, 1.82) is 0 Å². The lowest BCUT2D eigenvalue weighted by molar-refractivity contribution is 0.0435. The summed E-state index contributed by atoms with van der Waals surface area (Å²) in [5.74, 6) is 0.474. The van der Waals surface area contributed by atoms with Crippen molar-refractivity contribution in [2.75, 3.05) is 32.8 Å². The van der Waals surface area contributed by atoms with Gasteiger partial charge >= 0.3 is 0 Å². The molecule has 0 bridgehead atoms. The van der Waals surface area contributed by atoms with Crippen LogP contribution in [0, 0.1) is 0 Å². The van der Waals surface area contributed by atoms with Crippen LogP contribution in [-0.4, -0.2) is 47.1 Å². The fourth-order valence-electron chi connectivity index (χ4n) is 3.60. The Bertz CT molecular complexity index is 1250. The molecule has 29 heavy (non-hydrogen) atoms. The second kappa shape index (κ2) is 7.66. The first-order valence-electron chi connectivity index (χ1n) is 9.74. The number of ether oxygens (including phenoxy) is 1. The van der Waals surface area contributed by atoms with E-state index >= 15 is 0 Å². The average Bonchev–Trinajstić information content (AvgIpc) is 3.23. The summed E-state index contributed by atoms with van der Waals surface area (Å²) in [6.45, 7) is 4.37. The van der Waals surface area contributed by atoms with E-state index in [9.17, 15) is 4.79 Å². The maximum absolute atomic E-state index is 12.7. The summed E-state index contributed by atoms with van der Waals surface area (Å²) in [5, 5.41) is 0.575. The van der Waals surface area contributed by atoms with Crippen molar-refractivity contribution in [1.82, 2.24) is 14.3 Å². The van der Waals surface area contributed by atoms with E-state index in [4.69, 9.17) is 9.15 Å². The van der Waals surface area contributed by atoms with Gasteiger partial charge in [-0.15, -0.1) is 0 Å². The monoisotopic (exact) mass is 387 g/mol. The van der Waals surface area contributed by atoms with Gasteiger partial charge in [-0.2, -0.15) is 0 Å². The zero-order valence-electron chi connectivity index (χ0n) is 16.0. The van der Waals surface area contributed by atoms with Crippen LogP contribution in [0.25, 0.3) is 34.0 Å². The SMILES string of the molecule is O=c1cc(-c2cc3cccn3cn2)oc2ccc(C=CCN3CCOCC3)cc12. The zero-order chi connectivity index (χ0) is 19.6. The van der Waals surface area contributed by atoms with Crippen LogP contribution in [0.4, 0.5) is 0 Å². The molecule has 4 aromatic rings. The number of morpholine rings is 1. The van der Waals surface area contributed by atoms with Gasteiger partial charge in [0.15, 0.2) is 11.2 Å². The Morgan fingerprint density at radius 2 is 2.00 bits per heavy atom. The molecule has 1 fully saturated rings. The summed E-state index contributed by atoms with van der Waals surface area (Å²) >= 11 is 0. The Morgan fingerprint density at radius 3 is 2.90 bits per heavy atom. The number of benzene rings is 1. The minimum Gasteiger partial charge on any atom is -0.454 e. The molecule has 1 aromatic carbocycles. The number of aromatic nitrogens is 2. The molecular formula is C23H21N3O3. The van der Waals surface area contributed by atoms with Gasteiger partial charge in [-0.3, -0.25) is 9.69 Å². The number of hydrogen-bond acceptors (Lipinski definition) is 5. The van der Waals surface area contributed by atoms with Crippen LogP contribution in [-0.2, 0) is 4.74 Å². The van der Waals surface area contributed by atoms with Crippen LogP contribution in [0.15, 0.2) is 70.3 Å². The molecule has 0 radical (unpaired) electrons. The Balaban J connectivity index is 1.42. The van der Waals surface area contributed by atoms with Crippen LogP contribution in [0.5, 0.6) is 0 Å². The molecule has 6 heteroatoms. The Kier molecular flexibility index (Phi) is 4.71. The van der Waals surface area contributed by atoms with E-state index in [0.29, 0.717) is 22.4 Å². The maximum Gasteiger partial charge on any atom is 0.193 e. The maximum atomic E-state index is 12.7. The number of nitrogens with zero attached hydrogens (tertiary/aromatic N) is 3. The lowest BCUT2D eigenvalue weighted by atomic mass is 10.1. The number of fused-ring (bicyclic) bond motifs is 2. The molecule has 146 valence electrons. The summed E-state index contributed by atoms with van der Waals surface area (Å²) in [5.41, 5.74) is 3.12. The van der Waals surface area contributed by atoms with E-state index in [2.05, 4.69) is 16.0 Å². The first-order chi connectivity index (χ1) is 14.3. The molecule has 1 aliphatic heterocycles. The highest BCUT2D eigenvalue weighted by Gasteiger charge is 2.10. The van der Waals surface area contributed by atoms with Crippen LogP contribution < -0.4 is 5.43 Å². The smallest absolute Gasteiger partial charge is 0.193 e. The van der Waals surface area contributed by atoms with Gasteiger partial charge in [0.05, 0.1) is 24.9 Å². The zero-order valence-corrected chi connectivity index (χ0v) is 16.0. The van der Waals surface area contributed by atoms with E-state index in [1.54, 1.807) is 6.33 Å². The molecule has 1 aliphatic rings. The summed E-state index contributed by atoms with van der Waals surface area (Å²) in [6.07, 6.45) is 7.82. The van der Waals surface area contributed by atoms with Crippen LogP contribution in [0.1, 0.15) is 5.56 Å². The third-order valence-electron chi connectivity index (χ3n) is 5.20. The van der Waals surface area contributed by atoms with Crippen molar-refractivity contribution in [2.24, 2.45) is 0 Å². The number of rotatable bonds is 4. The predicted octanol–water partition coefficient (Wildman–Crippen LogP) is 3.45. The summed E-state index contributed by atoms with van der Waals surface area (Å²) in [4.78, 5) is 19.5.